The monoisotopic (exact) mass is 363 g/mol. The molecule has 1 aromatic heterocycles. The number of nitrogens with one attached hydrogen (secondary N) is 1. The van der Waals surface area contributed by atoms with E-state index in [0.29, 0.717) is 6.54 Å². The predicted octanol–water partition coefficient (Wildman–Crippen LogP) is 4.38. The summed E-state index contributed by atoms with van der Waals surface area (Å²) in [5.74, 6) is 0.443. The summed E-state index contributed by atoms with van der Waals surface area (Å²) >= 11 is 0. The van der Waals surface area contributed by atoms with Gasteiger partial charge in [0.2, 0.25) is 11.6 Å². The average Bonchev–Trinajstić information content (AvgIpc) is 2.65. The highest BCUT2D eigenvalue weighted by Gasteiger charge is 2.25. The van der Waals surface area contributed by atoms with Crippen LogP contribution >= 0.6 is 0 Å². The van der Waals surface area contributed by atoms with E-state index in [4.69, 9.17) is 0 Å². The number of rotatable bonds is 6. The zero-order valence-electron chi connectivity index (χ0n) is 15.5. The van der Waals surface area contributed by atoms with Crippen LogP contribution in [0.2, 0.25) is 0 Å². The summed E-state index contributed by atoms with van der Waals surface area (Å²) in [7, 11) is 1.78. The van der Waals surface area contributed by atoms with Crippen molar-refractivity contribution in [2.45, 2.75) is 20.4 Å². The fourth-order valence-electron chi connectivity index (χ4n) is 2.80. The van der Waals surface area contributed by atoms with Crippen LogP contribution in [-0.2, 0) is 6.54 Å². The Bertz CT molecular complexity index is 960. The molecule has 138 valence electrons. The van der Waals surface area contributed by atoms with Crippen molar-refractivity contribution in [3.05, 3.63) is 81.7 Å². The SMILES string of the molecule is Cc1ccc(Nc2ncnc(N(C)Cc3ccccc3)c2[N+](=O)[O-])cc1C. The van der Waals surface area contributed by atoms with E-state index in [0.717, 1.165) is 22.4 Å². The van der Waals surface area contributed by atoms with Crippen molar-refractivity contribution >= 4 is 23.0 Å². The van der Waals surface area contributed by atoms with Crippen LogP contribution in [0.25, 0.3) is 0 Å². The molecule has 3 rings (SSSR count). The lowest BCUT2D eigenvalue weighted by Crippen LogP contribution is -2.20. The molecule has 0 amide bonds. The minimum Gasteiger partial charge on any atom is -0.349 e. The van der Waals surface area contributed by atoms with Crippen LogP contribution in [0.5, 0.6) is 0 Å². The maximum absolute atomic E-state index is 11.8. The summed E-state index contributed by atoms with van der Waals surface area (Å²) in [6, 6.07) is 15.5. The van der Waals surface area contributed by atoms with E-state index in [-0.39, 0.29) is 17.3 Å². The maximum Gasteiger partial charge on any atom is 0.353 e. The van der Waals surface area contributed by atoms with Crippen molar-refractivity contribution < 1.29 is 4.92 Å². The molecule has 2 aromatic carbocycles. The van der Waals surface area contributed by atoms with Crippen LogP contribution in [0.4, 0.5) is 23.0 Å². The lowest BCUT2D eigenvalue weighted by atomic mass is 10.1. The first kappa shape index (κ1) is 18.3. The molecule has 7 heteroatoms. The number of nitro groups is 1. The first-order valence-electron chi connectivity index (χ1n) is 8.54. The van der Waals surface area contributed by atoms with Crippen molar-refractivity contribution in [3.8, 4) is 0 Å². The summed E-state index contributed by atoms with van der Waals surface area (Å²) < 4.78 is 0. The normalized spacial score (nSPS) is 10.5. The molecular weight excluding hydrogens is 342 g/mol. The van der Waals surface area contributed by atoms with Gasteiger partial charge in [0.1, 0.15) is 6.33 Å². The molecule has 0 saturated heterocycles. The molecule has 1 heterocycles. The van der Waals surface area contributed by atoms with Gasteiger partial charge in [0, 0.05) is 19.3 Å². The fraction of sp³-hybridized carbons (Fsp3) is 0.200. The Hall–Kier alpha value is -3.48. The van der Waals surface area contributed by atoms with E-state index in [1.165, 1.54) is 6.33 Å². The van der Waals surface area contributed by atoms with Crippen LogP contribution in [0.3, 0.4) is 0 Å². The molecule has 0 spiro atoms. The van der Waals surface area contributed by atoms with Gasteiger partial charge >= 0.3 is 5.69 Å². The van der Waals surface area contributed by atoms with Crippen molar-refractivity contribution in [2.75, 3.05) is 17.3 Å². The number of nitrogens with zero attached hydrogens (tertiary/aromatic N) is 4. The number of aromatic nitrogens is 2. The lowest BCUT2D eigenvalue weighted by molar-refractivity contribution is -0.383. The molecule has 3 aromatic rings. The Labute approximate surface area is 157 Å². The molecule has 0 aliphatic rings. The van der Waals surface area contributed by atoms with Crippen molar-refractivity contribution in [1.82, 2.24) is 9.97 Å². The highest BCUT2D eigenvalue weighted by Crippen LogP contribution is 2.33. The molecule has 0 bridgehead atoms. The van der Waals surface area contributed by atoms with Crippen LogP contribution < -0.4 is 10.2 Å². The van der Waals surface area contributed by atoms with Crippen LogP contribution in [0, 0.1) is 24.0 Å². The molecular formula is C20H21N5O2. The Kier molecular flexibility index (Phi) is 5.30. The summed E-state index contributed by atoms with van der Waals surface area (Å²) in [5.41, 5.74) is 3.89. The standard InChI is InChI=1S/C20H21N5O2/c1-14-9-10-17(11-15(14)2)23-19-18(25(26)27)20(22-13-21-19)24(3)12-16-7-5-4-6-8-16/h4-11,13H,12H2,1-3H3,(H,21,22,23). The van der Waals surface area contributed by atoms with Crippen LogP contribution in [0.15, 0.2) is 54.9 Å². The number of benzene rings is 2. The van der Waals surface area contributed by atoms with E-state index < -0.39 is 4.92 Å². The number of anilines is 3. The highest BCUT2D eigenvalue weighted by molar-refractivity contribution is 5.74. The summed E-state index contributed by atoms with van der Waals surface area (Å²) in [6.45, 7) is 4.51. The van der Waals surface area contributed by atoms with Crippen LogP contribution in [-0.4, -0.2) is 21.9 Å². The molecule has 7 nitrogen and oxygen atoms in total. The third kappa shape index (κ3) is 4.20. The number of hydrogen-bond acceptors (Lipinski definition) is 6. The molecule has 1 N–H and O–H groups in total. The molecule has 0 saturated carbocycles. The molecule has 27 heavy (non-hydrogen) atoms. The first-order chi connectivity index (χ1) is 13.0. The number of aryl methyl sites for hydroxylation is 2. The Morgan fingerprint density at radius 1 is 1.07 bits per heavy atom. The third-order valence-electron chi connectivity index (χ3n) is 4.38. The molecule has 0 radical (unpaired) electrons. The molecule has 0 fully saturated rings. The zero-order valence-corrected chi connectivity index (χ0v) is 15.5. The average molecular weight is 363 g/mol. The predicted molar refractivity (Wildman–Crippen MR) is 106 cm³/mol. The van der Waals surface area contributed by atoms with Gasteiger partial charge in [-0.25, -0.2) is 9.97 Å². The van der Waals surface area contributed by atoms with Crippen molar-refractivity contribution in [3.63, 3.8) is 0 Å². The molecule has 0 aliphatic carbocycles. The summed E-state index contributed by atoms with van der Waals surface area (Å²) in [5, 5.41) is 14.8. The third-order valence-corrected chi connectivity index (χ3v) is 4.38. The van der Waals surface area contributed by atoms with E-state index >= 15 is 0 Å². The van der Waals surface area contributed by atoms with Gasteiger partial charge in [0.05, 0.1) is 4.92 Å². The summed E-state index contributed by atoms with van der Waals surface area (Å²) in [6.07, 6.45) is 1.34. The second-order valence-corrected chi connectivity index (χ2v) is 6.42. The van der Waals surface area contributed by atoms with Gasteiger partial charge in [0.25, 0.3) is 0 Å². The van der Waals surface area contributed by atoms with Gasteiger partial charge in [-0.2, -0.15) is 0 Å². The number of hydrogen-bond donors (Lipinski definition) is 1. The Morgan fingerprint density at radius 2 is 1.81 bits per heavy atom. The van der Waals surface area contributed by atoms with Gasteiger partial charge in [-0.15, -0.1) is 0 Å². The van der Waals surface area contributed by atoms with Crippen molar-refractivity contribution in [1.29, 1.82) is 0 Å². The van der Waals surface area contributed by atoms with Crippen LogP contribution in [0.1, 0.15) is 16.7 Å². The van der Waals surface area contributed by atoms with E-state index in [2.05, 4.69) is 15.3 Å². The topological polar surface area (TPSA) is 84.2 Å². The largest absolute Gasteiger partial charge is 0.353 e. The Balaban J connectivity index is 1.94. The van der Waals surface area contributed by atoms with E-state index in [1.54, 1.807) is 11.9 Å². The smallest absolute Gasteiger partial charge is 0.349 e. The Morgan fingerprint density at radius 3 is 2.48 bits per heavy atom. The zero-order chi connectivity index (χ0) is 19.4. The second kappa shape index (κ2) is 7.82. The fourth-order valence-corrected chi connectivity index (χ4v) is 2.80. The lowest BCUT2D eigenvalue weighted by Gasteiger charge is -2.19. The first-order valence-corrected chi connectivity index (χ1v) is 8.54. The van der Waals surface area contributed by atoms with Gasteiger partial charge < -0.3 is 10.2 Å². The van der Waals surface area contributed by atoms with Gasteiger partial charge in [0.15, 0.2) is 0 Å². The maximum atomic E-state index is 11.8. The van der Waals surface area contributed by atoms with Gasteiger partial charge in [-0.1, -0.05) is 36.4 Å². The van der Waals surface area contributed by atoms with E-state index in [1.807, 2.05) is 62.4 Å². The van der Waals surface area contributed by atoms with Gasteiger partial charge in [-0.3, -0.25) is 10.1 Å². The van der Waals surface area contributed by atoms with Crippen molar-refractivity contribution in [2.24, 2.45) is 0 Å². The van der Waals surface area contributed by atoms with E-state index in [9.17, 15) is 10.1 Å². The van der Waals surface area contributed by atoms with Gasteiger partial charge in [-0.05, 0) is 42.7 Å². The summed E-state index contributed by atoms with van der Waals surface area (Å²) in [4.78, 5) is 21.3. The second-order valence-electron chi connectivity index (χ2n) is 6.42. The highest BCUT2D eigenvalue weighted by atomic mass is 16.6. The quantitative estimate of drug-likeness (QED) is 0.517. The minimum atomic E-state index is -0.444. The minimum absolute atomic E-state index is 0.144. The molecule has 0 aliphatic heterocycles. The molecule has 0 atom stereocenters. The molecule has 0 unspecified atom stereocenters.